The van der Waals surface area contributed by atoms with Crippen molar-refractivity contribution in [3.8, 4) is 17.6 Å². The summed E-state index contributed by atoms with van der Waals surface area (Å²) in [5.41, 5.74) is 4.98. The Labute approximate surface area is 204 Å². The van der Waals surface area contributed by atoms with Crippen LogP contribution >= 0.6 is 0 Å². The molecule has 1 aliphatic rings. The minimum absolute atomic E-state index is 0.0293. The van der Waals surface area contributed by atoms with Gasteiger partial charge in [-0.05, 0) is 73.9 Å². The molecule has 0 aliphatic heterocycles. The van der Waals surface area contributed by atoms with Crippen molar-refractivity contribution >= 4 is 23.0 Å². The summed E-state index contributed by atoms with van der Waals surface area (Å²) in [5.74, 6) is 0.990. The molecule has 0 spiro atoms. The SMILES string of the molecule is N#CC1CCc2nccc(Oc3cccc(C(=O)Nc4cccc(Nc5ccccc5)c4)c3)c2C1. The Balaban J connectivity index is 1.30. The van der Waals surface area contributed by atoms with Crippen molar-refractivity contribution in [1.29, 1.82) is 5.26 Å². The zero-order valence-electron chi connectivity index (χ0n) is 19.1. The molecule has 1 unspecified atom stereocenters. The van der Waals surface area contributed by atoms with E-state index in [2.05, 4.69) is 21.7 Å². The number of hydrogen-bond donors (Lipinski definition) is 2. The molecule has 172 valence electrons. The van der Waals surface area contributed by atoms with Crippen molar-refractivity contribution in [3.05, 3.63) is 108 Å². The highest BCUT2D eigenvalue weighted by Gasteiger charge is 2.23. The lowest BCUT2D eigenvalue weighted by molar-refractivity contribution is 0.102. The summed E-state index contributed by atoms with van der Waals surface area (Å²) in [4.78, 5) is 17.4. The van der Waals surface area contributed by atoms with Gasteiger partial charge in [-0.25, -0.2) is 0 Å². The largest absolute Gasteiger partial charge is 0.457 e. The standard InChI is InChI=1S/C29H24N4O2/c30-19-20-12-13-27-26(16-20)28(14-15-31-27)35-25-11-4-6-21(17-25)29(34)33-24-10-5-9-23(18-24)32-22-7-2-1-3-8-22/h1-11,14-15,17-18,20,32H,12-13,16H2,(H,33,34). The van der Waals surface area contributed by atoms with Crippen LogP contribution in [-0.4, -0.2) is 10.9 Å². The molecule has 0 saturated heterocycles. The summed E-state index contributed by atoms with van der Waals surface area (Å²) in [6.07, 6.45) is 3.94. The van der Waals surface area contributed by atoms with Gasteiger partial charge in [0.15, 0.2) is 0 Å². The molecule has 0 saturated carbocycles. The molecule has 6 heteroatoms. The van der Waals surface area contributed by atoms with Crippen LogP contribution in [0, 0.1) is 17.2 Å². The number of nitrogens with one attached hydrogen (secondary N) is 2. The lowest BCUT2D eigenvalue weighted by Crippen LogP contribution is -2.15. The summed E-state index contributed by atoms with van der Waals surface area (Å²) >= 11 is 0. The third-order valence-electron chi connectivity index (χ3n) is 5.97. The summed E-state index contributed by atoms with van der Waals surface area (Å²) in [6.45, 7) is 0. The van der Waals surface area contributed by atoms with Gasteiger partial charge >= 0.3 is 0 Å². The highest BCUT2D eigenvalue weighted by molar-refractivity contribution is 6.04. The van der Waals surface area contributed by atoms with Gasteiger partial charge in [-0.3, -0.25) is 9.78 Å². The molecular formula is C29H24N4O2. The molecule has 1 aromatic heterocycles. The van der Waals surface area contributed by atoms with Gasteiger partial charge in [-0.15, -0.1) is 0 Å². The molecule has 0 radical (unpaired) electrons. The minimum atomic E-state index is -0.228. The van der Waals surface area contributed by atoms with E-state index in [0.717, 1.165) is 35.5 Å². The normalized spacial score (nSPS) is 14.3. The molecule has 1 amide bonds. The maximum absolute atomic E-state index is 13.0. The van der Waals surface area contributed by atoms with Crippen molar-refractivity contribution in [2.24, 2.45) is 5.92 Å². The van der Waals surface area contributed by atoms with Gasteiger partial charge in [-0.2, -0.15) is 5.26 Å². The van der Waals surface area contributed by atoms with Crippen LogP contribution < -0.4 is 15.4 Å². The third kappa shape index (κ3) is 5.31. The van der Waals surface area contributed by atoms with Crippen LogP contribution in [-0.2, 0) is 12.8 Å². The molecule has 5 rings (SSSR count). The maximum atomic E-state index is 13.0. The van der Waals surface area contributed by atoms with E-state index in [-0.39, 0.29) is 11.8 Å². The molecule has 4 aromatic rings. The molecule has 1 heterocycles. The Bertz CT molecular complexity index is 1400. The smallest absolute Gasteiger partial charge is 0.255 e. The van der Waals surface area contributed by atoms with E-state index in [9.17, 15) is 10.1 Å². The van der Waals surface area contributed by atoms with Crippen LogP contribution in [0.3, 0.4) is 0 Å². The average Bonchev–Trinajstić information content (AvgIpc) is 2.89. The number of pyridine rings is 1. The zero-order chi connectivity index (χ0) is 24.0. The van der Waals surface area contributed by atoms with E-state index >= 15 is 0 Å². The summed E-state index contributed by atoms with van der Waals surface area (Å²) in [5, 5.41) is 15.6. The van der Waals surface area contributed by atoms with Crippen LogP contribution in [0.5, 0.6) is 11.5 Å². The number of aromatic nitrogens is 1. The van der Waals surface area contributed by atoms with Crippen LogP contribution in [0.1, 0.15) is 28.0 Å². The van der Waals surface area contributed by atoms with Crippen molar-refractivity contribution < 1.29 is 9.53 Å². The second kappa shape index (κ2) is 10.1. The number of benzene rings is 3. The van der Waals surface area contributed by atoms with Crippen LogP contribution in [0.25, 0.3) is 0 Å². The number of amides is 1. The number of para-hydroxylation sites is 1. The van der Waals surface area contributed by atoms with Crippen LogP contribution in [0.15, 0.2) is 91.1 Å². The molecule has 35 heavy (non-hydrogen) atoms. The highest BCUT2D eigenvalue weighted by Crippen LogP contribution is 2.33. The lowest BCUT2D eigenvalue weighted by Gasteiger charge is -2.21. The molecule has 2 N–H and O–H groups in total. The average molecular weight is 461 g/mol. The topological polar surface area (TPSA) is 87.0 Å². The summed E-state index contributed by atoms with van der Waals surface area (Å²) < 4.78 is 6.16. The van der Waals surface area contributed by atoms with Crippen molar-refractivity contribution in [3.63, 3.8) is 0 Å². The number of fused-ring (bicyclic) bond motifs is 1. The number of anilines is 3. The maximum Gasteiger partial charge on any atom is 0.255 e. The van der Waals surface area contributed by atoms with E-state index in [1.165, 1.54) is 0 Å². The number of ether oxygens (including phenoxy) is 1. The Kier molecular flexibility index (Phi) is 6.40. The fourth-order valence-corrected chi connectivity index (χ4v) is 4.21. The van der Waals surface area contributed by atoms with Crippen molar-refractivity contribution in [2.75, 3.05) is 10.6 Å². The van der Waals surface area contributed by atoms with E-state index < -0.39 is 0 Å². The van der Waals surface area contributed by atoms with Crippen molar-refractivity contribution in [1.82, 2.24) is 4.98 Å². The van der Waals surface area contributed by atoms with Crippen LogP contribution in [0.4, 0.5) is 17.1 Å². The minimum Gasteiger partial charge on any atom is -0.457 e. The predicted molar refractivity (Wildman–Crippen MR) is 136 cm³/mol. The van der Waals surface area contributed by atoms with Gasteiger partial charge < -0.3 is 15.4 Å². The van der Waals surface area contributed by atoms with E-state index in [1.807, 2.05) is 66.7 Å². The lowest BCUT2D eigenvalue weighted by atomic mass is 9.87. The second-order valence-electron chi connectivity index (χ2n) is 8.46. The Hall–Kier alpha value is -4.63. The fraction of sp³-hybridized carbons (Fsp3) is 0.138. The van der Waals surface area contributed by atoms with Gasteiger partial charge in [0.25, 0.3) is 5.91 Å². The Morgan fingerprint density at radius 3 is 2.60 bits per heavy atom. The Morgan fingerprint density at radius 2 is 1.74 bits per heavy atom. The molecule has 3 aromatic carbocycles. The first-order chi connectivity index (χ1) is 17.2. The monoisotopic (exact) mass is 460 g/mol. The van der Waals surface area contributed by atoms with E-state index in [0.29, 0.717) is 29.2 Å². The fourth-order valence-electron chi connectivity index (χ4n) is 4.21. The first-order valence-corrected chi connectivity index (χ1v) is 11.6. The number of rotatable bonds is 6. The summed E-state index contributed by atoms with van der Waals surface area (Å²) in [7, 11) is 0. The van der Waals surface area contributed by atoms with Gasteiger partial charge in [0.1, 0.15) is 11.5 Å². The van der Waals surface area contributed by atoms with E-state index in [1.54, 1.807) is 24.4 Å². The number of carbonyl (C=O) groups is 1. The number of aryl methyl sites for hydroxylation is 1. The Morgan fingerprint density at radius 1 is 0.943 bits per heavy atom. The molecule has 6 nitrogen and oxygen atoms in total. The van der Waals surface area contributed by atoms with Gasteiger partial charge in [0, 0.05) is 40.1 Å². The predicted octanol–water partition coefficient (Wildman–Crippen LogP) is 6.50. The third-order valence-corrected chi connectivity index (χ3v) is 5.97. The van der Waals surface area contributed by atoms with E-state index in [4.69, 9.17) is 4.74 Å². The molecule has 1 atom stereocenters. The molecule has 1 aliphatic carbocycles. The van der Waals surface area contributed by atoms with Gasteiger partial charge in [-0.1, -0.05) is 30.3 Å². The number of hydrogen-bond acceptors (Lipinski definition) is 5. The second-order valence-corrected chi connectivity index (χ2v) is 8.46. The highest BCUT2D eigenvalue weighted by atomic mass is 16.5. The number of carbonyl (C=O) groups excluding carboxylic acids is 1. The first-order valence-electron chi connectivity index (χ1n) is 11.6. The quantitative estimate of drug-likeness (QED) is 0.343. The van der Waals surface area contributed by atoms with Gasteiger partial charge in [0.05, 0.1) is 12.0 Å². The van der Waals surface area contributed by atoms with Crippen molar-refractivity contribution in [2.45, 2.75) is 19.3 Å². The van der Waals surface area contributed by atoms with Crippen LogP contribution in [0.2, 0.25) is 0 Å². The summed E-state index contributed by atoms with van der Waals surface area (Å²) in [6, 6.07) is 28.7. The number of nitrogens with zero attached hydrogens (tertiary/aromatic N) is 2. The molecule has 0 fully saturated rings. The molecule has 0 bridgehead atoms. The first kappa shape index (κ1) is 22.2. The number of nitriles is 1. The zero-order valence-corrected chi connectivity index (χ0v) is 19.1. The molecular weight excluding hydrogens is 436 g/mol. The van der Waals surface area contributed by atoms with Gasteiger partial charge in [0.2, 0.25) is 0 Å².